The first kappa shape index (κ1) is 14.7. The number of nitrogens with zero attached hydrogens (tertiary/aromatic N) is 1. The molecule has 4 heteroatoms. The molecule has 2 rings (SSSR count). The van der Waals surface area contributed by atoms with E-state index in [2.05, 4.69) is 54.6 Å². The molecular formula is C15H24N2OS. The maximum absolute atomic E-state index is 11.4. The predicted octanol–water partition coefficient (Wildman–Crippen LogP) is 1.79. The normalized spacial score (nSPS) is 25.4. The number of benzene rings is 1. The Bertz CT molecular complexity index is 398. The lowest BCUT2D eigenvalue weighted by molar-refractivity contribution is 0.276. The monoisotopic (exact) mass is 280 g/mol. The van der Waals surface area contributed by atoms with E-state index in [0.717, 1.165) is 30.9 Å². The second-order valence-electron chi connectivity index (χ2n) is 5.42. The minimum atomic E-state index is -0.570. The molecule has 1 saturated heterocycles. The lowest BCUT2D eigenvalue weighted by Gasteiger charge is -2.29. The number of hydrogen-bond donors (Lipinski definition) is 1. The van der Waals surface area contributed by atoms with Crippen LogP contribution in [0.3, 0.4) is 0 Å². The molecule has 1 aromatic rings. The lowest BCUT2D eigenvalue weighted by Crippen LogP contribution is -2.40. The Hall–Kier alpha value is -0.710. The summed E-state index contributed by atoms with van der Waals surface area (Å²) in [5.41, 5.74) is 1.35. The van der Waals surface area contributed by atoms with Gasteiger partial charge in [0.05, 0.1) is 0 Å². The zero-order valence-corrected chi connectivity index (χ0v) is 12.7. The molecule has 1 aliphatic heterocycles. The third-order valence-electron chi connectivity index (χ3n) is 3.80. The van der Waals surface area contributed by atoms with E-state index in [1.165, 1.54) is 5.56 Å². The van der Waals surface area contributed by atoms with Gasteiger partial charge in [0.15, 0.2) is 0 Å². The van der Waals surface area contributed by atoms with Crippen LogP contribution < -0.4 is 5.32 Å². The van der Waals surface area contributed by atoms with Crippen LogP contribution in [0.25, 0.3) is 0 Å². The van der Waals surface area contributed by atoms with E-state index in [1.807, 2.05) is 0 Å². The van der Waals surface area contributed by atoms with Crippen molar-refractivity contribution in [1.29, 1.82) is 0 Å². The molecule has 19 heavy (non-hydrogen) atoms. The molecule has 0 aromatic heterocycles. The van der Waals surface area contributed by atoms with Crippen LogP contribution in [-0.4, -0.2) is 47.3 Å². The first-order chi connectivity index (χ1) is 9.16. The quantitative estimate of drug-likeness (QED) is 0.892. The summed E-state index contributed by atoms with van der Waals surface area (Å²) in [4.78, 5) is 2.25. The van der Waals surface area contributed by atoms with Gasteiger partial charge in [-0.1, -0.05) is 30.3 Å². The van der Waals surface area contributed by atoms with Gasteiger partial charge in [0.1, 0.15) is 0 Å². The van der Waals surface area contributed by atoms with Gasteiger partial charge in [-0.15, -0.1) is 0 Å². The molecule has 106 valence electrons. The summed E-state index contributed by atoms with van der Waals surface area (Å²) < 4.78 is 11.4. The maximum Gasteiger partial charge on any atom is 0.0466 e. The van der Waals surface area contributed by atoms with E-state index < -0.39 is 10.8 Å². The summed E-state index contributed by atoms with van der Waals surface area (Å²) in [6.07, 6.45) is 2.09. The molecular weight excluding hydrogens is 256 g/mol. The average molecular weight is 280 g/mol. The van der Waals surface area contributed by atoms with Crippen LogP contribution in [0.1, 0.15) is 24.4 Å². The fraction of sp³-hybridized carbons (Fsp3) is 0.600. The molecule has 0 spiro atoms. The number of rotatable bonds is 5. The summed E-state index contributed by atoms with van der Waals surface area (Å²) in [5, 5.41) is 3.65. The van der Waals surface area contributed by atoms with Crippen molar-refractivity contribution in [2.75, 3.05) is 32.1 Å². The minimum Gasteiger partial charge on any atom is -0.312 e. The van der Waals surface area contributed by atoms with Crippen molar-refractivity contribution in [2.45, 2.75) is 24.9 Å². The SMILES string of the molecule is CN(C)C(CNC1CCS(=O)CC1)c1ccccc1. The van der Waals surface area contributed by atoms with Crippen molar-refractivity contribution in [2.24, 2.45) is 0 Å². The van der Waals surface area contributed by atoms with Crippen molar-refractivity contribution >= 4 is 10.8 Å². The Morgan fingerprint density at radius 1 is 1.26 bits per heavy atom. The van der Waals surface area contributed by atoms with E-state index in [1.54, 1.807) is 0 Å². The van der Waals surface area contributed by atoms with E-state index in [9.17, 15) is 4.21 Å². The molecule has 0 radical (unpaired) electrons. The van der Waals surface area contributed by atoms with Crippen molar-refractivity contribution in [3.05, 3.63) is 35.9 Å². The van der Waals surface area contributed by atoms with Crippen LogP contribution in [0.15, 0.2) is 30.3 Å². The smallest absolute Gasteiger partial charge is 0.0466 e. The number of hydrogen-bond acceptors (Lipinski definition) is 3. The van der Waals surface area contributed by atoms with Gasteiger partial charge in [-0.2, -0.15) is 0 Å². The molecule has 0 bridgehead atoms. The molecule has 1 N–H and O–H groups in total. The maximum atomic E-state index is 11.4. The largest absolute Gasteiger partial charge is 0.312 e. The molecule has 1 heterocycles. The Morgan fingerprint density at radius 2 is 1.89 bits per heavy atom. The van der Waals surface area contributed by atoms with Crippen LogP contribution >= 0.6 is 0 Å². The van der Waals surface area contributed by atoms with Gasteiger partial charge in [-0.25, -0.2) is 0 Å². The van der Waals surface area contributed by atoms with Crippen LogP contribution in [0.5, 0.6) is 0 Å². The van der Waals surface area contributed by atoms with Gasteiger partial charge in [0.25, 0.3) is 0 Å². The summed E-state index contributed by atoms with van der Waals surface area (Å²) in [5.74, 6) is 1.71. The fourth-order valence-electron chi connectivity index (χ4n) is 2.55. The predicted molar refractivity (Wildman–Crippen MR) is 81.8 cm³/mol. The molecule has 1 atom stereocenters. The van der Waals surface area contributed by atoms with Crippen molar-refractivity contribution in [1.82, 2.24) is 10.2 Å². The second kappa shape index (κ2) is 7.17. The van der Waals surface area contributed by atoms with Crippen LogP contribution in [0.4, 0.5) is 0 Å². The van der Waals surface area contributed by atoms with Gasteiger partial charge in [-0.05, 0) is 32.5 Å². The second-order valence-corrected chi connectivity index (χ2v) is 7.12. The summed E-state index contributed by atoms with van der Waals surface area (Å²) in [6.45, 7) is 0.953. The first-order valence-electron chi connectivity index (χ1n) is 6.96. The van der Waals surface area contributed by atoms with Gasteiger partial charge >= 0.3 is 0 Å². The van der Waals surface area contributed by atoms with Crippen LogP contribution in [0.2, 0.25) is 0 Å². The van der Waals surface area contributed by atoms with E-state index in [4.69, 9.17) is 0 Å². The fourth-order valence-corrected chi connectivity index (χ4v) is 3.85. The molecule has 0 saturated carbocycles. The Morgan fingerprint density at radius 3 is 2.47 bits per heavy atom. The molecule has 3 nitrogen and oxygen atoms in total. The Labute approximate surface area is 118 Å². The molecule has 1 aliphatic rings. The van der Waals surface area contributed by atoms with Gasteiger partial charge in [0, 0.05) is 40.9 Å². The van der Waals surface area contributed by atoms with Gasteiger partial charge in [0.2, 0.25) is 0 Å². The van der Waals surface area contributed by atoms with Crippen LogP contribution in [-0.2, 0) is 10.8 Å². The lowest BCUT2D eigenvalue weighted by atomic mass is 10.0. The van der Waals surface area contributed by atoms with E-state index in [0.29, 0.717) is 12.1 Å². The number of likely N-dealkylation sites (N-methyl/N-ethyl adjacent to an activating group) is 1. The van der Waals surface area contributed by atoms with Crippen molar-refractivity contribution < 1.29 is 4.21 Å². The molecule has 1 aromatic carbocycles. The summed E-state index contributed by atoms with van der Waals surface area (Å²) in [7, 11) is 3.67. The summed E-state index contributed by atoms with van der Waals surface area (Å²) in [6, 6.07) is 11.5. The van der Waals surface area contributed by atoms with E-state index in [-0.39, 0.29) is 0 Å². The third-order valence-corrected chi connectivity index (χ3v) is 5.18. The van der Waals surface area contributed by atoms with Crippen LogP contribution in [0, 0.1) is 0 Å². The topological polar surface area (TPSA) is 32.3 Å². The number of nitrogens with one attached hydrogen (secondary N) is 1. The Kier molecular flexibility index (Phi) is 5.55. The third kappa shape index (κ3) is 4.41. The highest BCUT2D eigenvalue weighted by Gasteiger charge is 2.20. The summed E-state index contributed by atoms with van der Waals surface area (Å²) >= 11 is 0. The zero-order chi connectivity index (χ0) is 13.7. The Balaban J connectivity index is 1.89. The zero-order valence-electron chi connectivity index (χ0n) is 11.8. The molecule has 0 amide bonds. The minimum absolute atomic E-state index is 0.397. The highest BCUT2D eigenvalue weighted by Crippen LogP contribution is 2.18. The molecule has 1 fully saturated rings. The van der Waals surface area contributed by atoms with Crippen molar-refractivity contribution in [3.8, 4) is 0 Å². The van der Waals surface area contributed by atoms with Crippen molar-refractivity contribution in [3.63, 3.8) is 0 Å². The van der Waals surface area contributed by atoms with E-state index >= 15 is 0 Å². The highest BCUT2D eigenvalue weighted by atomic mass is 32.2. The molecule has 0 aliphatic carbocycles. The standard InChI is InChI=1S/C15H24N2OS/c1-17(2)15(13-6-4-3-5-7-13)12-16-14-8-10-19(18)11-9-14/h3-7,14-16H,8-12H2,1-2H3. The van der Waals surface area contributed by atoms with Gasteiger partial charge < -0.3 is 10.2 Å². The highest BCUT2D eigenvalue weighted by molar-refractivity contribution is 7.85. The average Bonchev–Trinajstić information content (AvgIpc) is 2.42. The van der Waals surface area contributed by atoms with Gasteiger partial charge in [-0.3, -0.25) is 4.21 Å². The first-order valence-corrected chi connectivity index (χ1v) is 8.45. The molecule has 1 unspecified atom stereocenters.